The first-order valence-corrected chi connectivity index (χ1v) is 9.45. The van der Waals surface area contributed by atoms with Gasteiger partial charge in [0, 0.05) is 13.1 Å². The number of rotatable bonds is 14. The van der Waals surface area contributed by atoms with Gasteiger partial charge in [0.05, 0.1) is 6.67 Å². The summed E-state index contributed by atoms with van der Waals surface area (Å²) in [4.78, 5) is 4.86. The molecule has 0 amide bonds. The largest absolute Gasteiger partial charge is 0.364 e. The molecule has 1 fully saturated rings. The van der Waals surface area contributed by atoms with Crippen LogP contribution in [-0.4, -0.2) is 36.1 Å². The minimum absolute atomic E-state index is 1.10. The molecule has 0 aromatic heterocycles. The molecule has 0 radical (unpaired) electrons. The third-order valence-electron chi connectivity index (χ3n) is 4.67. The molecule has 21 heavy (non-hydrogen) atoms. The van der Waals surface area contributed by atoms with E-state index in [9.17, 15) is 0 Å². The molecule has 1 saturated heterocycles. The van der Waals surface area contributed by atoms with Gasteiger partial charge in [-0.1, -0.05) is 84.1 Å². The predicted octanol–water partition coefficient (Wildman–Crippen LogP) is 5.41. The van der Waals surface area contributed by atoms with Crippen LogP contribution in [0.3, 0.4) is 0 Å². The van der Waals surface area contributed by atoms with Crippen molar-refractivity contribution < 1.29 is 0 Å². The van der Waals surface area contributed by atoms with E-state index in [-0.39, 0.29) is 0 Å². The van der Waals surface area contributed by atoms with Crippen LogP contribution in [0.1, 0.15) is 84.0 Å². The molecule has 2 nitrogen and oxygen atoms in total. The summed E-state index contributed by atoms with van der Waals surface area (Å²) < 4.78 is 0. The molecule has 0 aliphatic carbocycles. The third kappa shape index (κ3) is 9.95. The lowest BCUT2D eigenvalue weighted by Crippen LogP contribution is -2.23. The highest BCUT2D eigenvalue weighted by molar-refractivity contribution is 4.78. The predicted molar refractivity (Wildman–Crippen MR) is 94.4 cm³/mol. The van der Waals surface area contributed by atoms with E-state index in [0.717, 1.165) is 6.67 Å². The minimum Gasteiger partial charge on any atom is -0.364 e. The van der Waals surface area contributed by atoms with Crippen molar-refractivity contribution in [3.63, 3.8) is 0 Å². The molecule has 0 saturated carbocycles. The highest BCUT2D eigenvalue weighted by Crippen LogP contribution is 2.12. The zero-order valence-electron chi connectivity index (χ0n) is 14.5. The van der Waals surface area contributed by atoms with Gasteiger partial charge in [0.2, 0.25) is 0 Å². The molecule has 0 atom stereocenters. The summed E-state index contributed by atoms with van der Waals surface area (Å²) in [6.45, 7) is 10.9. The molecule has 1 aliphatic rings. The van der Waals surface area contributed by atoms with Crippen molar-refractivity contribution in [2.45, 2.75) is 84.0 Å². The van der Waals surface area contributed by atoms with Crippen LogP contribution in [0, 0.1) is 0 Å². The molecule has 0 N–H and O–H groups in total. The van der Waals surface area contributed by atoms with Crippen molar-refractivity contribution in [3.05, 3.63) is 12.8 Å². The molecule has 0 spiro atoms. The van der Waals surface area contributed by atoms with Gasteiger partial charge < -0.3 is 4.90 Å². The van der Waals surface area contributed by atoms with Crippen molar-refractivity contribution in [2.24, 2.45) is 0 Å². The number of hydrogen-bond donors (Lipinski definition) is 0. The van der Waals surface area contributed by atoms with Crippen LogP contribution in [-0.2, 0) is 0 Å². The Labute approximate surface area is 133 Å². The molecule has 0 unspecified atom stereocenters. The van der Waals surface area contributed by atoms with E-state index in [2.05, 4.69) is 23.3 Å². The van der Waals surface area contributed by atoms with E-state index in [1.165, 1.54) is 96.7 Å². The van der Waals surface area contributed by atoms with Crippen molar-refractivity contribution in [3.8, 4) is 0 Å². The van der Waals surface area contributed by atoms with Crippen LogP contribution in [0.25, 0.3) is 0 Å². The van der Waals surface area contributed by atoms with Gasteiger partial charge in [-0.05, 0) is 19.2 Å². The van der Waals surface area contributed by atoms with Crippen molar-refractivity contribution in [1.29, 1.82) is 0 Å². The molecular weight excluding hydrogens is 256 g/mol. The topological polar surface area (TPSA) is 6.48 Å². The Bertz CT molecular complexity index is 240. The molecule has 0 aromatic carbocycles. The lowest BCUT2D eigenvalue weighted by atomic mass is 10.1. The Kier molecular flexibility index (Phi) is 11.6. The first-order chi connectivity index (χ1) is 10.4. The van der Waals surface area contributed by atoms with Gasteiger partial charge in [-0.15, -0.1) is 0 Å². The number of unbranched alkanes of at least 4 members (excludes halogenated alkanes) is 11. The first kappa shape index (κ1) is 18.5. The summed E-state index contributed by atoms with van der Waals surface area (Å²) in [7, 11) is 0. The normalized spacial score (nSPS) is 15.8. The van der Waals surface area contributed by atoms with Crippen molar-refractivity contribution >= 4 is 0 Å². The van der Waals surface area contributed by atoms with Gasteiger partial charge in [0.25, 0.3) is 0 Å². The van der Waals surface area contributed by atoms with E-state index in [4.69, 9.17) is 0 Å². The monoisotopic (exact) mass is 294 g/mol. The summed E-state index contributed by atoms with van der Waals surface area (Å²) in [5.41, 5.74) is 0. The lowest BCUT2D eigenvalue weighted by Gasteiger charge is -2.15. The van der Waals surface area contributed by atoms with Crippen LogP contribution in [0.15, 0.2) is 12.8 Å². The van der Waals surface area contributed by atoms with E-state index in [1.54, 1.807) is 0 Å². The molecule has 1 rings (SSSR count). The fraction of sp³-hybridized carbons (Fsp3) is 0.895. The van der Waals surface area contributed by atoms with Gasteiger partial charge in [-0.25, -0.2) is 0 Å². The summed E-state index contributed by atoms with van der Waals surface area (Å²) in [6, 6.07) is 0. The van der Waals surface area contributed by atoms with Crippen LogP contribution < -0.4 is 0 Å². The van der Waals surface area contributed by atoms with Gasteiger partial charge in [-0.3, -0.25) is 4.90 Å². The van der Waals surface area contributed by atoms with Crippen molar-refractivity contribution in [2.75, 3.05) is 26.3 Å². The third-order valence-corrected chi connectivity index (χ3v) is 4.67. The average molecular weight is 295 g/mol. The minimum atomic E-state index is 1.10. The number of hydrogen-bond acceptors (Lipinski definition) is 2. The van der Waals surface area contributed by atoms with Crippen LogP contribution >= 0.6 is 0 Å². The maximum absolute atomic E-state index is 3.84. The zero-order valence-corrected chi connectivity index (χ0v) is 14.5. The van der Waals surface area contributed by atoms with E-state index in [0.29, 0.717) is 0 Å². The molecule has 1 aliphatic heterocycles. The van der Waals surface area contributed by atoms with Gasteiger partial charge >= 0.3 is 0 Å². The molecule has 124 valence electrons. The maximum Gasteiger partial charge on any atom is 0.0702 e. The Balaban J connectivity index is 1.74. The molecular formula is C19H38N2. The molecule has 0 bridgehead atoms. The summed E-state index contributed by atoms with van der Waals surface area (Å²) in [5.74, 6) is 0. The molecule has 2 heteroatoms. The number of nitrogens with zero attached hydrogens (tertiary/aromatic N) is 2. The highest BCUT2D eigenvalue weighted by Gasteiger charge is 2.15. The Morgan fingerprint density at radius 1 is 0.762 bits per heavy atom. The van der Waals surface area contributed by atoms with Gasteiger partial charge in [0.15, 0.2) is 0 Å². The maximum atomic E-state index is 3.84. The second-order valence-electron chi connectivity index (χ2n) is 6.64. The molecule has 0 aromatic rings. The van der Waals surface area contributed by atoms with Crippen LogP contribution in [0.2, 0.25) is 0 Å². The smallest absolute Gasteiger partial charge is 0.0702 e. The van der Waals surface area contributed by atoms with E-state index in [1.807, 2.05) is 6.20 Å². The second kappa shape index (κ2) is 13.2. The second-order valence-corrected chi connectivity index (χ2v) is 6.64. The summed E-state index contributed by atoms with van der Waals surface area (Å²) >= 11 is 0. The average Bonchev–Trinajstić information content (AvgIpc) is 2.96. The Morgan fingerprint density at radius 2 is 1.29 bits per heavy atom. The van der Waals surface area contributed by atoms with Crippen LogP contribution in [0.4, 0.5) is 0 Å². The van der Waals surface area contributed by atoms with E-state index >= 15 is 0 Å². The molecule has 1 heterocycles. The fourth-order valence-electron chi connectivity index (χ4n) is 3.18. The van der Waals surface area contributed by atoms with Crippen LogP contribution in [0.5, 0.6) is 0 Å². The fourth-order valence-corrected chi connectivity index (χ4v) is 3.18. The first-order valence-electron chi connectivity index (χ1n) is 9.45. The highest BCUT2D eigenvalue weighted by atomic mass is 15.4. The quantitative estimate of drug-likeness (QED) is 0.395. The summed E-state index contributed by atoms with van der Waals surface area (Å²) in [6.07, 6.45) is 19.2. The Morgan fingerprint density at radius 3 is 1.76 bits per heavy atom. The SMILES string of the molecule is C=CN1CCN(CCCCCCCCCCCCCC)C1. The van der Waals surface area contributed by atoms with E-state index < -0.39 is 0 Å². The Hall–Kier alpha value is -0.500. The van der Waals surface area contributed by atoms with Gasteiger partial charge in [-0.2, -0.15) is 0 Å². The summed E-state index contributed by atoms with van der Waals surface area (Å²) in [5, 5.41) is 0. The van der Waals surface area contributed by atoms with Gasteiger partial charge in [0.1, 0.15) is 0 Å². The zero-order chi connectivity index (χ0) is 15.2. The standard InChI is InChI=1S/C19H38N2/c1-3-5-6-7-8-9-10-11-12-13-14-15-16-21-18-17-20(4-2)19-21/h4H,2-3,5-19H2,1H3. The lowest BCUT2D eigenvalue weighted by molar-refractivity contribution is 0.282. The van der Waals surface area contributed by atoms with Crippen molar-refractivity contribution in [1.82, 2.24) is 9.80 Å².